The first kappa shape index (κ1) is 18.4. The van der Waals surface area contributed by atoms with Crippen molar-refractivity contribution in [3.63, 3.8) is 0 Å². The van der Waals surface area contributed by atoms with Crippen LogP contribution in [0.2, 0.25) is 0 Å². The normalized spacial score (nSPS) is 13.8. The molecular weight excluding hydrogens is 416 g/mol. The lowest BCUT2D eigenvalue weighted by Crippen LogP contribution is -2.01. The molecule has 0 saturated carbocycles. The fourth-order valence-electron chi connectivity index (χ4n) is 1.59. The molecule has 2 rings (SSSR count). The smallest absolute Gasteiger partial charge is 0.420 e. The number of alkyl halides is 2. The highest BCUT2D eigenvalue weighted by Gasteiger charge is 2.34. The van der Waals surface area contributed by atoms with E-state index in [0.29, 0.717) is 10.2 Å². The van der Waals surface area contributed by atoms with Gasteiger partial charge in [-0.05, 0) is 57.9 Å². The first-order valence-corrected chi connectivity index (χ1v) is 9.67. The Morgan fingerprint density at radius 1 is 1.22 bits per heavy atom. The molecule has 0 radical (unpaired) electrons. The maximum atomic E-state index is 12.8. The highest BCUT2D eigenvalue weighted by molar-refractivity contribution is 9.10. The lowest BCUT2D eigenvalue weighted by molar-refractivity contribution is 0.188. The fraction of sp³-hybridized carbons (Fsp3) is 0.143. The predicted octanol–water partition coefficient (Wildman–Crippen LogP) is 5.67. The van der Waals surface area contributed by atoms with E-state index in [0.717, 1.165) is 10.5 Å². The summed E-state index contributed by atoms with van der Waals surface area (Å²) in [6.07, 6.45) is -3.47. The molecule has 23 heavy (non-hydrogen) atoms. The van der Waals surface area contributed by atoms with Crippen LogP contribution in [0, 0.1) is 5.82 Å². The molecule has 0 aliphatic heterocycles. The van der Waals surface area contributed by atoms with Gasteiger partial charge in [-0.15, -0.1) is 11.8 Å². The Morgan fingerprint density at radius 2 is 1.87 bits per heavy atom. The minimum atomic E-state index is -5.00. The molecule has 0 fully saturated rings. The van der Waals surface area contributed by atoms with E-state index in [-0.39, 0.29) is 11.6 Å². The monoisotopic (exact) mass is 426 g/mol. The van der Waals surface area contributed by atoms with Crippen LogP contribution in [0.3, 0.4) is 0 Å². The Balaban J connectivity index is 2.04. The van der Waals surface area contributed by atoms with Gasteiger partial charge in [-0.3, -0.25) is 0 Å². The summed E-state index contributed by atoms with van der Waals surface area (Å²) < 4.78 is 53.5. The van der Waals surface area contributed by atoms with Gasteiger partial charge in [0.05, 0.1) is 4.47 Å². The van der Waals surface area contributed by atoms with Gasteiger partial charge in [0.2, 0.25) is 0 Å². The standard InChI is InChI=1S/C14H11BrF3O3PS/c15-12-7-9(8-23-11-4-2-10(16)3-5-11)1-6-13(12)21-22(19,20)14(17)18/h1-7,14H,8H2,(H,19,20). The average molecular weight is 427 g/mol. The van der Waals surface area contributed by atoms with Crippen LogP contribution in [0.15, 0.2) is 51.8 Å². The van der Waals surface area contributed by atoms with Gasteiger partial charge in [-0.25, -0.2) is 8.96 Å². The van der Waals surface area contributed by atoms with Gasteiger partial charge in [0.25, 0.3) is 0 Å². The van der Waals surface area contributed by atoms with Crippen molar-refractivity contribution < 1.29 is 27.2 Å². The summed E-state index contributed by atoms with van der Waals surface area (Å²) >= 11 is 4.59. The lowest BCUT2D eigenvalue weighted by atomic mass is 10.2. The lowest BCUT2D eigenvalue weighted by Gasteiger charge is -2.14. The second-order valence-electron chi connectivity index (χ2n) is 4.44. The van der Waals surface area contributed by atoms with E-state index in [2.05, 4.69) is 20.5 Å². The Bertz CT molecular complexity index is 728. The van der Waals surface area contributed by atoms with Crippen LogP contribution in [0.25, 0.3) is 0 Å². The molecule has 1 unspecified atom stereocenters. The molecule has 2 aromatic rings. The van der Waals surface area contributed by atoms with Crippen LogP contribution in [0.5, 0.6) is 5.75 Å². The van der Waals surface area contributed by atoms with Crippen molar-refractivity contribution in [3.05, 3.63) is 58.3 Å². The van der Waals surface area contributed by atoms with Crippen molar-refractivity contribution in [2.45, 2.75) is 16.8 Å². The van der Waals surface area contributed by atoms with Gasteiger partial charge >= 0.3 is 13.8 Å². The molecule has 1 atom stereocenters. The highest BCUT2D eigenvalue weighted by atomic mass is 79.9. The van der Waals surface area contributed by atoms with E-state index in [1.165, 1.54) is 30.0 Å². The number of hydrogen-bond acceptors (Lipinski definition) is 3. The molecule has 0 amide bonds. The quantitative estimate of drug-likeness (QED) is 0.477. The summed E-state index contributed by atoms with van der Waals surface area (Å²) in [7, 11) is -5.00. The zero-order valence-electron chi connectivity index (χ0n) is 11.5. The summed E-state index contributed by atoms with van der Waals surface area (Å²) in [6.45, 7) is 0. The fourth-order valence-corrected chi connectivity index (χ4v) is 3.58. The highest BCUT2D eigenvalue weighted by Crippen LogP contribution is 2.50. The Hall–Kier alpha value is -0.950. The van der Waals surface area contributed by atoms with E-state index >= 15 is 0 Å². The third kappa shape index (κ3) is 5.28. The molecule has 0 saturated heterocycles. The predicted molar refractivity (Wildman–Crippen MR) is 86.6 cm³/mol. The van der Waals surface area contributed by atoms with E-state index in [1.807, 2.05) is 0 Å². The number of hydrogen-bond donors (Lipinski definition) is 1. The van der Waals surface area contributed by atoms with Gasteiger partial charge in [-0.2, -0.15) is 8.78 Å². The number of rotatable bonds is 6. The number of halogens is 4. The van der Waals surface area contributed by atoms with Crippen LogP contribution < -0.4 is 4.52 Å². The second kappa shape index (κ2) is 7.75. The Labute approximate surface area is 143 Å². The Kier molecular flexibility index (Phi) is 6.19. The minimum absolute atomic E-state index is 0.133. The van der Waals surface area contributed by atoms with Crippen molar-refractivity contribution in [3.8, 4) is 5.75 Å². The molecule has 0 spiro atoms. The van der Waals surface area contributed by atoms with Gasteiger partial charge < -0.3 is 9.42 Å². The van der Waals surface area contributed by atoms with Gasteiger partial charge in [0.15, 0.2) is 0 Å². The second-order valence-corrected chi connectivity index (χ2v) is 8.04. The van der Waals surface area contributed by atoms with E-state index in [9.17, 15) is 17.7 Å². The third-order valence-electron chi connectivity index (χ3n) is 2.69. The molecule has 1 N–H and O–H groups in total. The van der Waals surface area contributed by atoms with Crippen molar-refractivity contribution >= 4 is 35.3 Å². The van der Waals surface area contributed by atoms with E-state index in [4.69, 9.17) is 4.89 Å². The van der Waals surface area contributed by atoms with Crippen LogP contribution in [-0.4, -0.2) is 11.1 Å². The average Bonchev–Trinajstić information content (AvgIpc) is 2.49. The molecule has 2 aromatic carbocycles. The number of thioether (sulfide) groups is 1. The maximum absolute atomic E-state index is 12.8. The van der Waals surface area contributed by atoms with Crippen LogP contribution in [0.4, 0.5) is 13.2 Å². The van der Waals surface area contributed by atoms with Crippen LogP contribution in [-0.2, 0) is 10.3 Å². The molecule has 3 nitrogen and oxygen atoms in total. The molecule has 0 aliphatic rings. The molecule has 9 heteroatoms. The summed E-state index contributed by atoms with van der Waals surface area (Å²) in [5, 5.41) is 0. The molecule has 0 aromatic heterocycles. The minimum Gasteiger partial charge on any atom is -0.420 e. The summed E-state index contributed by atoms with van der Waals surface area (Å²) in [6, 6.07) is 10.6. The van der Waals surface area contributed by atoms with Gasteiger partial charge in [0, 0.05) is 10.6 Å². The third-order valence-corrected chi connectivity index (χ3v) is 5.35. The largest absolute Gasteiger partial charge is 0.442 e. The Morgan fingerprint density at radius 3 is 2.43 bits per heavy atom. The van der Waals surface area contributed by atoms with Crippen molar-refractivity contribution in [1.29, 1.82) is 0 Å². The zero-order valence-corrected chi connectivity index (χ0v) is 14.8. The first-order chi connectivity index (χ1) is 10.8. The van der Waals surface area contributed by atoms with E-state index in [1.54, 1.807) is 24.3 Å². The number of benzene rings is 2. The molecule has 0 bridgehead atoms. The zero-order chi connectivity index (χ0) is 17.0. The molecule has 0 heterocycles. The van der Waals surface area contributed by atoms with E-state index < -0.39 is 13.8 Å². The molecular formula is C14H11BrF3O3PS. The van der Waals surface area contributed by atoms with Crippen molar-refractivity contribution in [2.75, 3.05) is 0 Å². The summed E-state index contributed by atoms with van der Waals surface area (Å²) in [5.41, 5.74) is 0.836. The van der Waals surface area contributed by atoms with Crippen molar-refractivity contribution in [2.24, 2.45) is 0 Å². The first-order valence-electron chi connectivity index (χ1n) is 6.25. The maximum Gasteiger partial charge on any atom is 0.442 e. The topological polar surface area (TPSA) is 46.5 Å². The summed E-state index contributed by atoms with van der Waals surface area (Å²) in [4.78, 5) is 9.92. The van der Waals surface area contributed by atoms with Gasteiger partial charge in [-0.1, -0.05) is 6.07 Å². The van der Waals surface area contributed by atoms with Crippen LogP contribution >= 0.6 is 35.3 Å². The van der Waals surface area contributed by atoms with Crippen LogP contribution in [0.1, 0.15) is 5.56 Å². The molecule has 124 valence electrons. The van der Waals surface area contributed by atoms with Crippen molar-refractivity contribution in [1.82, 2.24) is 0 Å². The molecule has 0 aliphatic carbocycles. The summed E-state index contributed by atoms with van der Waals surface area (Å²) in [5.74, 6) is 0.105. The SMILES string of the molecule is O=P(O)(Oc1ccc(CSc2ccc(F)cc2)cc1Br)C(F)F. The van der Waals surface area contributed by atoms with Gasteiger partial charge in [0.1, 0.15) is 11.6 Å².